The number of carbonyl (C=O) groups excluding carboxylic acids is 2. The maximum absolute atomic E-state index is 13.2. The van der Waals surface area contributed by atoms with Crippen molar-refractivity contribution >= 4 is 17.4 Å². The number of methoxy groups -OCH3 is 1. The van der Waals surface area contributed by atoms with E-state index in [9.17, 15) is 14.7 Å². The van der Waals surface area contributed by atoms with Crippen LogP contribution in [0.1, 0.15) is 28.3 Å². The van der Waals surface area contributed by atoms with Gasteiger partial charge in [-0.25, -0.2) is 0 Å². The minimum absolute atomic E-state index is 0.0617. The molecule has 3 aromatic carbocycles. The van der Waals surface area contributed by atoms with Crippen molar-refractivity contribution < 1.29 is 24.2 Å². The number of carbonyl (C=O) groups is 2. The van der Waals surface area contributed by atoms with Crippen molar-refractivity contribution in [1.82, 2.24) is 4.90 Å². The van der Waals surface area contributed by atoms with Gasteiger partial charge in [-0.1, -0.05) is 48.0 Å². The number of amides is 1. The molecule has 1 aliphatic heterocycles. The van der Waals surface area contributed by atoms with Crippen LogP contribution in [0.3, 0.4) is 0 Å². The maximum Gasteiger partial charge on any atom is 0.295 e. The minimum Gasteiger partial charge on any atom is -0.507 e. The number of ether oxygens (including phenoxy) is 2. The van der Waals surface area contributed by atoms with Crippen LogP contribution >= 0.6 is 0 Å². The van der Waals surface area contributed by atoms with Gasteiger partial charge in [0.2, 0.25) is 0 Å². The average Bonchev–Trinajstić information content (AvgIpc) is 3.09. The third-order valence-corrected chi connectivity index (χ3v) is 5.88. The number of hydrogen-bond acceptors (Lipinski definition) is 5. The molecule has 1 heterocycles. The Hall–Kier alpha value is -3.90. The summed E-state index contributed by atoms with van der Waals surface area (Å²) in [5.74, 6) is -0.327. The molecule has 34 heavy (non-hydrogen) atoms. The molecule has 1 aliphatic rings. The molecule has 0 aromatic heterocycles. The monoisotopic (exact) mass is 457 g/mol. The zero-order valence-electron chi connectivity index (χ0n) is 19.4. The molecular weight excluding hydrogens is 430 g/mol. The highest BCUT2D eigenvalue weighted by molar-refractivity contribution is 6.46. The van der Waals surface area contributed by atoms with Crippen LogP contribution in [-0.4, -0.2) is 42.0 Å². The van der Waals surface area contributed by atoms with E-state index in [1.54, 1.807) is 6.07 Å². The Morgan fingerprint density at radius 1 is 0.941 bits per heavy atom. The van der Waals surface area contributed by atoms with E-state index in [0.29, 0.717) is 22.6 Å². The largest absolute Gasteiger partial charge is 0.507 e. The number of Topliss-reactive ketones (excluding diaryl/α,β-unsaturated/α-hetero) is 1. The molecule has 1 amide bonds. The number of aryl methyl sites for hydroxylation is 2. The molecule has 1 fully saturated rings. The van der Waals surface area contributed by atoms with E-state index in [4.69, 9.17) is 9.47 Å². The number of rotatable bonds is 7. The van der Waals surface area contributed by atoms with Crippen molar-refractivity contribution in [3.63, 3.8) is 0 Å². The predicted molar refractivity (Wildman–Crippen MR) is 130 cm³/mol. The average molecular weight is 458 g/mol. The molecule has 0 radical (unpaired) electrons. The molecule has 0 spiro atoms. The summed E-state index contributed by atoms with van der Waals surface area (Å²) in [6, 6.07) is 21.4. The number of para-hydroxylation sites is 1. The second-order valence-electron chi connectivity index (χ2n) is 8.29. The van der Waals surface area contributed by atoms with Gasteiger partial charge < -0.3 is 19.5 Å². The molecule has 1 N–H and O–H groups in total. The highest BCUT2D eigenvalue weighted by Gasteiger charge is 2.46. The fourth-order valence-corrected chi connectivity index (χ4v) is 4.16. The summed E-state index contributed by atoms with van der Waals surface area (Å²) in [4.78, 5) is 27.6. The molecular formula is C28H27NO5. The van der Waals surface area contributed by atoms with E-state index in [1.807, 2.05) is 80.6 Å². The summed E-state index contributed by atoms with van der Waals surface area (Å²) in [5.41, 5.74) is 3.01. The van der Waals surface area contributed by atoms with Gasteiger partial charge in [-0.3, -0.25) is 9.59 Å². The lowest BCUT2D eigenvalue weighted by Crippen LogP contribution is -2.32. The third kappa shape index (κ3) is 4.58. The summed E-state index contributed by atoms with van der Waals surface area (Å²) in [6.07, 6.45) is 0. The van der Waals surface area contributed by atoms with Gasteiger partial charge >= 0.3 is 0 Å². The van der Waals surface area contributed by atoms with Crippen LogP contribution in [0.25, 0.3) is 5.76 Å². The summed E-state index contributed by atoms with van der Waals surface area (Å²) in [6.45, 7) is 4.24. The summed E-state index contributed by atoms with van der Waals surface area (Å²) < 4.78 is 11.2. The Morgan fingerprint density at radius 2 is 1.68 bits per heavy atom. The predicted octanol–water partition coefficient (Wildman–Crippen LogP) is 5.16. The molecule has 1 unspecified atom stereocenters. The second-order valence-corrected chi connectivity index (χ2v) is 8.29. The Kier molecular flexibility index (Phi) is 6.80. The smallest absolute Gasteiger partial charge is 0.295 e. The first kappa shape index (κ1) is 23.3. The van der Waals surface area contributed by atoms with Crippen molar-refractivity contribution in [2.75, 3.05) is 20.3 Å². The van der Waals surface area contributed by atoms with Crippen LogP contribution in [0, 0.1) is 13.8 Å². The Labute approximate surface area is 199 Å². The quantitative estimate of drug-likeness (QED) is 0.301. The van der Waals surface area contributed by atoms with Crippen LogP contribution in [0.5, 0.6) is 11.5 Å². The fraction of sp³-hybridized carbons (Fsp3) is 0.214. The number of likely N-dealkylation sites (tertiary alicyclic amines) is 1. The highest BCUT2D eigenvalue weighted by atomic mass is 16.5. The summed E-state index contributed by atoms with van der Waals surface area (Å²) in [5, 5.41) is 11.3. The Morgan fingerprint density at radius 3 is 2.41 bits per heavy atom. The standard InChI is InChI=1S/C28H27NO5/c1-18-12-13-19(2)23(16-18)26(30)24-25(29(14-15-33-3)28(32)27(24)31)20-8-7-11-22(17-20)34-21-9-5-4-6-10-21/h4-13,16-17,25,30H,14-15H2,1-3H3. The van der Waals surface area contributed by atoms with Crippen LogP contribution in [0.2, 0.25) is 0 Å². The van der Waals surface area contributed by atoms with Gasteiger partial charge in [-0.05, 0) is 55.3 Å². The van der Waals surface area contributed by atoms with Crippen LogP contribution in [-0.2, 0) is 14.3 Å². The molecule has 4 rings (SSSR count). The second kappa shape index (κ2) is 9.93. The van der Waals surface area contributed by atoms with E-state index in [-0.39, 0.29) is 24.5 Å². The van der Waals surface area contributed by atoms with Gasteiger partial charge in [-0.2, -0.15) is 0 Å². The number of aliphatic hydroxyl groups excluding tert-OH is 1. The normalized spacial score (nSPS) is 17.3. The number of aliphatic hydroxyl groups is 1. The van der Waals surface area contributed by atoms with Crippen molar-refractivity contribution in [1.29, 1.82) is 0 Å². The van der Waals surface area contributed by atoms with E-state index in [2.05, 4.69) is 0 Å². The van der Waals surface area contributed by atoms with Crippen LogP contribution in [0.4, 0.5) is 0 Å². The van der Waals surface area contributed by atoms with Crippen LogP contribution in [0.15, 0.2) is 78.4 Å². The number of nitrogens with zero attached hydrogens (tertiary/aromatic N) is 1. The van der Waals surface area contributed by atoms with E-state index >= 15 is 0 Å². The van der Waals surface area contributed by atoms with Gasteiger partial charge in [0.25, 0.3) is 11.7 Å². The van der Waals surface area contributed by atoms with Gasteiger partial charge in [0.05, 0.1) is 18.2 Å². The number of hydrogen-bond donors (Lipinski definition) is 1. The van der Waals surface area contributed by atoms with Crippen molar-refractivity contribution in [3.05, 3.63) is 101 Å². The molecule has 6 heteroatoms. The molecule has 174 valence electrons. The van der Waals surface area contributed by atoms with E-state index in [1.165, 1.54) is 12.0 Å². The molecule has 1 atom stereocenters. The first-order valence-corrected chi connectivity index (χ1v) is 11.1. The highest BCUT2D eigenvalue weighted by Crippen LogP contribution is 2.41. The van der Waals surface area contributed by atoms with Gasteiger partial charge in [-0.15, -0.1) is 0 Å². The lowest BCUT2D eigenvalue weighted by atomic mass is 9.93. The molecule has 0 saturated carbocycles. The van der Waals surface area contributed by atoms with Crippen molar-refractivity contribution in [3.8, 4) is 11.5 Å². The lowest BCUT2D eigenvalue weighted by molar-refractivity contribution is -0.140. The molecule has 0 aliphatic carbocycles. The number of benzene rings is 3. The molecule has 1 saturated heterocycles. The van der Waals surface area contributed by atoms with Crippen LogP contribution < -0.4 is 4.74 Å². The van der Waals surface area contributed by atoms with E-state index < -0.39 is 17.7 Å². The zero-order chi connectivity index (χ0) is 24.2. The van der Waals surface area contributed by atoms with Gasteiger partial charge in [0.1, 0.15) is 17.3 Å². The van der Waals surface area contributed by atoms with Gasteiger partial charge in [0.15, 0.2) is 0 Å². The van der Waals surface area contributed by atoms with Gasteiger partial charge in [0, 0.05) is 19.2 Å². The molecule has 0 bridgehead atoms. The SMILES string of the molecule is COCCN1C(=O)C(=O)C(=C(O)c2cc(C)ccc2C)C1c1cccc(Oc2ccccc2)c1. The van der Waals surface area contributed by atoms with Crippen molar-refractivity contribution in [2.24, 2.45) is 0 Å². The lowest BCUT2D eigenvalue weighted by Gasteiger charge is -2.25. The summed E-state index contributed by atoms with van der Waals surface area (Å²) in [7, 11) is 1.54. The molecule has 6 nitrogen and oxygen atoms in total. The minimum atomic E-state index is -0.769. The topological polar surface area (TPSA) is 76.1 Å². The Bertz CT molecular complexity index is 1250. The molecule has 3 aromatic rings. The summed E-state index contributed by atoms with van der Waals surface area (Å²) >= 11 is 0. The first-order chi connectivity index (χ1) is 16.4. The third-order valence-electron chi connectivity index (χ3n) is 5.88. The fourth-order valence-electron chi connectivity index (χ4n) is 4.16. The Balaban J connectivity index is 1.83. The van der Waals surface area contributed by atoms with Crippen molar-refractivity contribution in [2.45, 2.75) is 19.9 Å². The number of ketones is 1. The maximum atomic E-state index is 13.2. The zero-order valence-corrected chi connectivity index (χ0v) is 19.4. The van der Waals surface area contributed by atoms with E-state index in [0.717, 1.165) is 11.1 Å². The first-order valence-electron chi connectivity index (χ1n) is 11.1.